The normalized spacial score (nSPS) is 14.4. The second kappa shape index (κ2) is 19.2. The number of benzene rings is 4. The molecule has 61 heavy (non-hydrogen) atoms. The molecule has 1 saturated heterocycles. The Hall–Kier alpha value is -5.95. The molecule has 6 N–H and O–H groups in total. The molecular weight excluding hydrogens is 889 g/mol. The van der Waals surface area contributed by atoms with Gasteiger partial charge in [0.1, 0.15) is 17.2 Å². The average Bonchev–Trinajstić information content (AvgIpc) is 4.03. The maximum atomic E-state index is 11.9. The molecule has 1 atom stereocenters. The zero-order chi connectivity index (χ0) is 43.8. The van der Waals surface area contributed by atoms with Gasteiger partial charge in [-0.3, -0.25) is 13.7 Å². The van der Waals surface area contributed by atoms with E-state index < -0.39 is 41.5 Å². The SMILES string of the molecule is COc1cc(Nc2nc(Nc3ccc(N=Nc4cccc(SOOO)c4)cc3OCCCS(=O)(=O)O)nc(N3CC3S(=O)(=O)O)n2)ccc1N=Nc1cccc(S(=O)(=O)O)c1. The summed E-state index contributed by atoms with van der Waals surface area (Å²) in [6.45, 7) is -0.303. The van der Waals surface area contributed by atoms with Gasteiger partial charge in [0.25, 0.3) is 30.4 Å². The van der Waals surface area contributed by atoms with Crippen LogP contribution < -0.4 is 25.0 Å². The van der Waals surface area contributed by atoms with Gasteiger partial charge in [-0.25, -0.2) is 5.26 Å². The highest BCUT2D eigenvalue weighted by atomic mass is 32.2. The number of aromatic nitrogens is 3. The summed E-state index contributed by atoms with van der Waals surface area (Å²) in [5, 5.41) is 33.3. The number of methoxy groups -OCH3 is 1. The van der Waals surface area contributed by atoms with Crippen LogP contribution in [0.5, 0.6) is 11.5 Å². The predicted octanol–water partition coefficient (Wildman–Crippen LogP) is 6.56. The van der Waals surface area contributed by atoms with E-state index in [-0.39, 0.29) is 76.6 Å². The Morgan fingerprint density at radius 2 is 1.48 bits per heavy atom. The van der Waals surface area contributed by atoms with Crippen molar-refractivity contribution >= 4 is 94.4 Å². The van der Waals surface area contributed by atoms with E-state index in [2.05, 4.69) is 55.4 Å². The first kappa shape index (κ1) is 44.6. The molecule has 1 aromatic heterocycles. The van der Waals surface area contributed by atoms with Gasteiger partial charge in [0.15, 0.2) is 5.37 Å². The Balaban J connectivity index is 1.29. The van der Waals surface area contributed by atoms with Crippen molar-refractivity contribution in [3.8, 4) is 11.5 Å². The molecule has 0 aliphatic carbocycles. The molecule has 1 unspecified atom stereocenters. The maximum Gasteiger partial charge on any atom is 0.294 e. The van der Waals surface area contributed by atoms with E-state index in [0.29, 0.717) is 16.3 Å². The fourth-order valence-electron chi connectivity index (χ4n) is 5.08. The van der Waals surface area contributed by atoms with Crippen molar-refractivity contribution in [1.82, 2.24) is 15.0 Å². The topological polar surface area (TPSA) is 335 Å². The van der Waals surface area contributed by atoms with Gasteiger partial charge in [0.2, 0.25) is 17.8 Å². The molecule has 28 heteroatoms. The number of rotatable bonds is 20. The molecule has 0 radical (unpaired) electrons. The van der Waals surface area contributed by atoms with Crippen LogP contribution in [0.25, 0.3) is 0 Å². The number of hydrogen-bond donors (Lipinski definition) is 6. The Kier molecular flexibility index (Phi) is 14.0. The van der Waals surface area contributed by atoms with Crippen LogP contribution in [-0.2, 0) is 39.7 Å². The molecule has 24 nitrogen and oxygen atoms in total. The van der Waals surface area contributed by atoms with Crippen molar-refractivity contribution in [2.75, 3.05) is 41.5 Å². The smallest absolute Gasteiger partial charge is 0.294 e. The summed E-state index contributed by atoms with van der Waals surface area (Å²) in [6, 6.07) is 20.9. The first-order chi connectivity index (χ1) is 29.0. The van der Waals surface area contributed by atoms with Crippen LogP contribution in [0.1, 0.15) is 6.42 Å². The quantitative estimate of drug-likeness (QED) is 0.00914. The van der Waals surface area contributed by atoms with Crippen molar-refractivity contribution < 1.29 is 63.0 Å². The van der Waals surface area contributed by atoms with Gasteiger partial charge in [-0.15, -0.1) is 9.45 Å². The Labute approximate surface area is 351 Å². The third-order valence-corrected chi connectivity index (χ3v) is 11.2. The van der Waals surface area contributed by atoms with Gasteiger partial charge >= 0.3 is 0 Å². The van der Waals surface area contributed by atoms with E-state index >= 15 is 0 Å². The summed E-state index contributed by atoms with van der Waals surface area (Å²) < 4.78 is 114. The summed E-state index contributed by atoms with van der Waals surface area (Å²) in [4.78, 5) is 14.5. The van der Waals surface area contributed by atoms with Crippen LogP contribution in [-0.4, -0.2) is 90.5 Å². The zero-order valence-corrected chi connectivity index (χ0v) is 34.3. The summed E-state index contributed by atoms with van der Waals surface area (Å²) in [5.41, 5.74) is 1.62. The fraction of sp³-hybridized carbons (Fsp3) is 0.182. The summed E-state index contributed by atoms with van der Waals surface area (Å²) in [7, 11) is -11.9. The standard InChI is InChI=1S/C33H32N10O14S4/c1-54-28-17-20(9-12-27(28)42-41-22-6-3-8-25(16-22)60(48,49)50)34-31-36-32(38-33(37-31)43-19-30(43)61(51,52)53)35-26-11-10-23(18-29(26)55-13-4-14-59(45,46)47)40-39-21-5-2-7-24(15-21)58-57-56-44/h2-3,5-12,15-18,30,44H,4,13-14,19H2,1H3,(H,45,46,47)(H,48,49,50)(H,51,52,53)(H2,34,35,36,37,38). The van der Waals surface area contributed by atoms with Gasteiger partial charge in [0.05, 0.1) is 65.7 Å². The molecule has 0 spiro atoms. The van der Waals surface area contributed by atoms with E-state index in [9.17, 15) is 38.9 Å². The van der Waals surface area contributed by atoms with Crippen molar-refractivity contribution in [2.45, 2.75) is 21.6 Å². The van der Waals surface area contributed by atoms with Crippen LogP contribution in [0.4, 0.5) is 52.0 Å². The second-order valence-electron chi connectivity index (χ2n) is 12.3. The zero-order valence-electron chi connectivity index (χ0n) is 31.1. The molecule has 5 aromatic rings. The predicted molar refractivity (Wildman–Crippen MR) is 217 cm³/mol. The molecule has 0 bridgehead atoms. The highest BCUT2D eigenvalue weighted by molar-refractivity contribution is 7.94. The van der Waals surface area contributed by atoms with Crippen LogP contribution in [0, 0.1) is 0 Å². The molecule has 1 aliphatic rings. The lowest BCUT2D eigenvalue weighted by molar-refractivity contribution is -0.432. The minimum Gasteiger partial charge on any atom is -0.494 e. The molecule has 0 saturated carbocycles. The Morgan fingerprint density at radius 3 is 2.15 bits per heavy atom. The summed E-state index contributed by atoms with van der Waals surface area (Å²) >= 11 is 0.726. The number of hydrogen-bond acceptors (Lipinski definition) is 22. The van der Waals surface area contributed by atoms with Crippen molar-refractivity contribution in [2.24, 2.45) is 20.5 Å². The lowest BCUT2D eigenvalue weighted by Gasteiger charge is -2.15. The van der Waals surface area contributed by atoms with Gasteiger partial charge in [-0.1, -0.05) is 17.2 Å². The molecule has 4 aromatic carbocycles. The molecule has 6 rings (SSSR count). The molecule has 1 aliphatic heterocycles. The van der Waals surface area contributed by atoms with Gasteiger partial charge in [-0.2, -0.15) is 55.5 Å². The number of nitrogens with one attached hydrogen (secondary N) is 2. The third-order valence-electron chi connectivity index (χ3n) is 7.89. The van der Waals surface area contributed by atoms with Gasteiger partial charge < -0.3 is 25.0 Å². The average molecular weight is 921 g/mol. The number of azo groups is 2. The first-order valence-electron chi connectivity index (χ1n) is 17.1. The monoisotopic (exact) mass is 920 g/mol. The van der Waals surface area contributed by atoms with E-state index in [0.717, 1.165) is 18.1 Å². The van der Waals surface area contributed by atoms with Gasteiger partial charge in [0, 0.05) is 22.7 Å². The van der Waals surface area contributed by atoms with Crippen LogP contribution in [0.3, 0.4) is 0 Å². The number of nitrogens with zero attached hydrogens (tertiary/aromatic N) is 8. The lowest BCUT2D eigenvalue weighted by atomic mass is 10.2. The van der Waals surface area contributed by atoms with E-state index in [1.54, 1.807) is 36.4 Å². The fourth-order valence-corrected chi connectivity index (χ4v) is 7.26. The number of anilines is 5. The van der Waals surface area contributed by atoms with Crippen molar-refractivity contribution in [3.63, 3.8) is 0 Å². The molecule has 0 amide bonds. The van der Waals surface area contributed by atoms with Gasteiger partial charge in [-0.05, 0) is 67.1 Å². The second-order valence-corrected chi connectivity index (χ2v) is 17.6. The largest absolute Gasteiger partial charge is 0.494 e. The van der Waals surface area contributed by atoms with Crippen molar-refractivity contribution in [3.05, 3.63) is 84.9 Å². The minimum absolute atomic E-state index is 0.0884. The van der Waals surface area contributed by atoms with Crippen LogP contribution >= 0.6 is 12.0 Å². The van der Waals surface area contributed by atoms with E-state index in [1.807, 2.05) is 0 Å². The molecule has 1 fully saturated rings. The van der Waals surface area contributed by atoms with Crippen LogP contribution in [0.15, 0.2) is 115 Å². The van der Waals surface area contributed by atoms with Crippen LogP contribution in [0.2, 0.25) is 0 Å². The summed E-state index contributed by atoms with van der Waals surface area (Å²) in [5.74, 6) is -0.658. The van der Waals surface area contributed by atoms with Crippen molar-refractivity contribution in [1.29, 1.82) is 0 Å². The van der Waals surface area contributed by atoms with E-state index in [1.165, 1.54) is 54.5 Å². The Morgan fingerprint density at radius 1 is 0.787 bits per heavy atom. The molecule has 322 valence electrons. The lowest BCUT2D eigenvalue weighted by Crippen LogP contribution is -2.15. The highest BCUT2D eigenvalue weighted by Crippen LogP contribution is 2.37. The molecular formula is C33H32N10O14S4. The molecule has 2 heterocycles. The highest BCUT2D eigenvalue weighted by Gasteiger charge is 2.46. The third kappa shape index (κ3) is 13.0. The van der Waals surface area contributed by atoms with E-state index in [4.69, 9.17) is 14.7 Å². The summed E-state index contributed by atoms with van der Waals surface area (Å²) in [6.07, 6.45) is -0.0884. The first-order valence-corrected chi connectivity index (χ1v) is 22.4. The minimum atomic E-state index is -4.50. The number of ether oxygens (including phenoxy) is 2. The Bertz CT molecular complexity index is 2800. The maximum absolute atomic E-state index is 11.9.